The molecule has 0 unspecified atom stereocenters. The van der Waals surface area contributed by atoms with Crippen LogP contribution in [0.2, 0.25) is 4.34 Å². The van der Waals surface area contributed by atoms with Gasteiger partial charge in [-0.15, -0.1) is 11.3 Å². The van der Waals surface area contributed by atoms with Gasteiger partial charge in [-0.3, -0.25) is 4.98 Å². The Kier molecular flexibility index (Phi) is 4.30. The van der Waals surface area contributed by atoms with E-state index in [2.05, 4.69) is 10.3 Å². The van der Waals surface area contributed by atoms with Gasteiger partial charge < -0.3 is 10.4 Å². The van der Waals surface area contributed by atoms with Crippen LogP contribution in [-0.4, -0.2) is 16.1 Å². The van der Waals surface area contributed by atoms with Crippen molar-refractivity contribution in [1.29, 1.82) is 0 Å². The number of carboxylic acids is 1. The summed E-state index contributed by atoms with van der Waals surface area (Å²) < 4.78 is 0.746. The second-order valence-corrected chi connectivity index (χ2v) is 5.41. The minimum Gasteiger partial charge on any atom is -0.478 e. The molecule has 0 aromatic carbocycles. The van der Waals surface area contributed by atoms with E-state index in [9.17, 15) is 4.79 Å². The van der Waals surface area contributed by atoms with Crippen molar-refractivity contribution in [2.75, 3.05) is 0 Å². The number of aromatic carboxylic acids is 1. The molecule has 0 atom stereocenters. The lowest BCUT2D eigenvalue weighted by molar-refractivity contribution is 0.0695. The second-order valence-electron chi connectivity index (χ2n) is 3.61. The van der Waals surface area contributed by atoms with Crippen LogP contribution in [0.4, 0.5) is 0 Å². The molecule has 18 heavy (non-hydrogen) atoms. The lowest BCUT2D eigenvalue weighted by atomic mass is 10.2. The van der Waals surface area contributed by atoms with Gasteiger partial charge in [-0.25, -0.2) is 4.79 Å². The molecule has 2 aromatic rings. The topological polar surface area (TPSA) is 62.2 Å². The number of nitrogens with zero attached hydrogens (tertiary/aromatic N) is 1. The van der Waals surface area contributed by atoms with Crippen molar-refractivity contribution in [2.45, 2.75) is 13.1 Å². The molecule has 6 heteroatoms. The molecule has 2 aromatic heterocycles. The maximum absolute atomic E-state index is 11.0. The number of pyridine rings is 1. The van der Waals surface area contributed by atoms with Crippen molar-refractivity contribution in [3.8, 4) is 0 Å². The summed E-state index contributed by atoms with van der Waals surface area (Å²) in [7, 11) is 0. The molecule has 0 amide bonds. The van der Waals surface area contributed by atoms with E-state index in [1.165, 1.54) is 11.3 Å². The molecule has 0 aliphatic carbocycles. The van der Waals surface area contributed by atoms with Crippen molar-refractivity contribution in [3.63, 3.8) is 0 Å². The zero-order chi connectivity index (χ0) is 13.0. The number of hydrogen-bond donors (Lipinski definition) is 2. The number of carbonyl (C=O) groups is 1. The van der Waals surface area contributed by atoms with Gasteiger partial charge >= 0.3 is 5.97 Å². The highest BCUT2D eigenvalue weighted by Gasteiger charge is 2.09. The molecule has 0 bridgehead atoms. The van der Waals surface area contributed by atoms with E-state index in [1.807, 2.05) is 12.1 Å². The number of carboxylic acid groups (broad SMARTS) is 1. The smallest absolute Gasteiger partial charge is 0.337 e. The second kappa shape index (κ2) is 5.95. The molecular formula is C12H11ClN2O2S. The van der Waals surface area contributed by atoms with Crippen LogP contribution in [0, 0.1) is 0 Å². The van der Waals surface area contributed by atoms with Gasteiger partial charge in [0.25, 0.3) is 0 Å². The summed E-state index contributed by atoms with van der Waals surface area (Å²) in [4.78, 5) is 16.1. The Bertz CT molecular complexity index is 557. The maximum atomic E-state index is 11.0. The van der Waals surface area contributed by atoms with E-state index in [1.54, 1.807) is 18.3 Å². The van der Waals surface area contributed by atoms with Crippen molar-refractivity contribution < 1.29 is 9.90 Å². The van der Waals surface area contributed by atoms with E-state index in [4.69, 9.17) is 16.7 Å². The monoisotopic (exact) mass is 282 g/mol. The molecule has 2 N–H and O–H groups in total. The lowest BCUT2D eigenvalue weighted by Crippen LogP contribution is -2.16. The molecule has 94 valence electrons. The van der Waals surface area contributed by atoms with E-state index in [0.717, 1.165) is 9.21 Å². The molecule has 4 nitrogen and oxygen atoms in total. The Labute approximate surface area is 113 Å². The predicted molar refractivity (Wildman–Crippen MR) is 71.1 cm³/mol. The highest BCUT2D eigenvalue weighted by atomic mass is 35.5. The van der Waals surface area contributed by atoms with Crippen molar-refractivity contribution >= 4 is 28.9 Å². The molecule has 0 saturated heterocycles. The number of halogens is 1. The Morgan fingerprint density at radius 3 is 2.89 bits per heavy atom. The number of aromatic nitrogens is 1. The van der Waals surface area contributed by atoms with Gasteiger partial charge in [-0.1, -0.05) is 11.6 Å². The summed E-state index contributed by atoms with van der Waals surface area (Å²) in [5.41, 5.74) is 0.766. The molecule has 2 heterocycles. The molecule has 0 spiro atoms. The van der Waals surface area contributed by atoms with Crippen LogP contribution in [0.5, 0.6) is 0 Å². The first-order valence-electron chi connectivity index (χ1n) is 5.29. The third-order valence-corrected chi connectivity index (χ3v) is 3.57. The van der Waals surface area contributed by atoms with Crippen LogP contribution in [0.15, 0.2) is 30.5 Å². The zero-order valence-corrected chi connectivity index (χ0v) is 11.0. The first-order chi connectivity index (χ1) is 8.66. The van der Waals surface area contributed by atoms with Crippen LogP contribution in [0.3, 0.4) is 0 Å². The van der Waals surface area contributed by atoms with Crippen LogP contribution in [-0.2, 0) is 13.1 Å². The van der Waals surface area contributed by atoms with Crippen LogP contribution >= 0.6 is 22.9 Å². The van der Waals surface area contributed by atoms with Crippen molar-refractivity contribution in [3.05, 3.63) is 50.9 Å². The standard InChI is InChI=1S/C12H11ClN2O2S/c13-11-4-3-8(18-11)6-14-7-10-9(12(16)17)2-1-5-15-10/h1-5,14H,6-7H2,(H,16,17). The van der Waals surface area contributed by atoms with Crippen molar-refractivity contribution in [2.24, 2.45) is 0 Å². The van der Waals surface area contributed by atoms with Gasteiger partial charge in [0.15, 0.2) is 0 Å². The number of rotatable bonds is 5. The van der Waals surface area contributed by atoms with Gasteiger partial charge in [0, 0.05) is 24.2 Å². The van der Waals surface area contributed by atoms with Gasteiger partial charge in [-0.2, -0.15) is 0 Å². The summed E-state index contributed by atoms with van der Waals surface area (Å²) in [5, 5.41) is 12.2. The van der Waals surface area contributed by atoms with Gasteiger partial charge in [0.2, 0.25) is 0 Å². The quantitative estimate of drug-likeness (QED) is 0.885. The van der Waals surface area contributed by atoms with Gasteiger partial charge in [0.1, 0.15) is 0 Å². The fourth-order valence-electron chi connectivity index (χ4n) is 1.52. The highest BCUT2D eigenvalue weighted by molar-refractivity contribution is 7.16. The normalized spacial score (nSPS) is 10.5. The SMILES string of the molecule is O=C(O)c1cccnc1CNCc1ccc(Cl)s1. The minimum atomic E-state index is -0.959. The first-order valence-corrected chi connectivity index (χ1v) is 6.48. The van der Waals surface area contributed by atoms with E-state index in [-0.39, 0.29) is 5.56 Å². The van der Waals surface area contributed by atoms with Crippen LogP contribution in [0.25, 0.3) is 0 Å². The minimum absolute atomic E-state index is 0.231. The fourth-order valence-corrected chi connectivity index (χ4v) is 2.58. The summed E-state index contributed by atoms with van der Waals surface area (Å²) >= 11 is 7.32. The third kappa shape index (κ3) is 3.29. The molecule has 0 radical (unpaired) electrons. The maximum Gasteiger partial charge on any atom is 0.337 e. The average molecular weight is 283 g/mol. The highest BCUT2D eigenvalue weighted by Crippen LogP contribution is 2.21. The summed E-state index contributed by atoms with van der Waals surface area (Å²) in [5.74, 6) is -0.959. The lowest BCUT2D eigenvalue weighted by Gasteiger charge is -2.05. The average Bonchev–Trinajstić information content (AvgIpc) is 2.75. The largest absolute Gasteiger partial charge is 0.478 e. The first kappa shape index (κ1) is 13.0. The Morgan fingerprint density at radius 1 is 1.39 bits per heavy atom. The van der Waals surface area contributed by atoms with E-state index < -0.39 is 5.97 Å². The molecule has 2 rings (SSSR count). The zero-order valence-electron chi connectivity index (χ0n) is 9.39. The number of nitrogens with one attached hydrogen (secondary N) is 1. The number of thiophene rings is 1. The van der Waals surface area contributed by atoms with Crippen LogP contribution in [0.1, 0.15) is 20.9 Å². The fraction of sp³-hybridized carbons (Fsp3) is 0.167. The van der Waals surface area contributed by atoms with Crippen molar-refractivity contribution in [1.82, 2.24) is 10.3 Å². The third-order valence-electron chi connectivity index (χ3n) is 2.34. The molecule has 0 saturated carbocycles. The Hall–Kier alpha value is -1.43. The van der Waals surface area contributed by atoms with E-state index in [0.29, 0.717) is 18.8 Å². The molecule has 0 aliphatic rings. The summed E-state index contributed by atoms with van der Waals surface area (Å²) in [6, 6.07) is 6.95. The van der Waals surface area contributed by atoms with Crippen LogP contribution < -0.4 is 5.32 Å². The van der Waals surface area contributed by atoms with Gasteiger partial charge in [0.05, 0.1) is 15.6 Å². The number of hydrogen-bond acceptors (Lipinski definition) is 4. The molecule has 0 aliphatic heterocycles. The molecular weight excluding hydrogens is 272 g/mol. The van der Waals surface area contributed by atoms with Gasteiger partial charge in [-0.05, 0) is 24.3 Å². The van der Waals surface area contributed by atoms with E-state index >= 15 is 0 Å². The predicted octanol–water partition coefficient (Wildman–Crippen LogP) is 2.78. The summed E-state index contributed by atoms with van der Waals surface area (Å²) in [6.07, 6.45) is 1.59. The Morgan fingerprint density at radius 2 is 2.22 bits per heavy atom. The molecule has 0 fully saturated rings. The Balaban J connectivity index is 1.96. The summed E-state index contributed by atoms with van der Waals surface area (Å²) in [6.45, 7) is 1.06.